The number of aromatic nitrogens is 1. The highest BCUT2D eigenvalue weighted by Gasteiger charge is 2.21. The Kier molecular flexibility index (Phi) is 6.43. The number of thiophene rings is 1. The van der Waals surface area contributed by atoms with Crippen LogP contribution in [0.4, 0.5) is 4.39 Å². The molecule has 0 aliphatic carbocycles. The summed E-state index contributed by atoms with van der Waals surface area (Å²) in [6.07, 6.45) is 0.0792. The fourth-order valence-corrected chi connectivity index (χ4v) is 4.71. The molecule has 0 saturated carbocycles. The van der Waals surface area contributed by atoms with Crippen LogP contribution in [0.5, 0.6) is 11.5 Å². The van der Waals surface area contributed by atoms with E-state index in [-0.39, 0.29) is 29.9 Å². The number of fused-ring (bicyclic) bond motifs is 1. The van der Waals surface area contributed by atoms with Gasteiger partial charge in [0.05, 0.1) is 24.0 Å². The number of nitrogens with one attached hydrogen (secondary N) is 2. The van der Waals surface area contributed by atoms with Crippen LogP contribution in [0.15, 0.2) is 60.0 Å². The Hall–Kier alpha value is -3.82. The van der Waals surface area contributed by atoms with Crippen molar-refractivity contribution in [3.8, 4) is 22.8 Å². The molecule has 0 radical (unpaired) electrons. The Morgan fingerprint density at radius 2 is 1.97 bits per heavy atom. The number of rotatable bonds is 8. The molecule has 0 spiro atoms. The third kappa shape index (κ3) is 4.73. The quantitative estimate of drug-likeness (QED) is 0.361. The van der Waals surface area contributed by atoms with Crippen molar-refractivity contribution in [3.05, 3.63) is 77.1 Å². The number of methoxy groups -OCH3 is 1. The van der Waals surface area contributed by atoms with Crippen LogP contribution in [-0.4, -0.2) is 49.5 Å². The molecule has 2 aromatic carbocycles. The van der Waals surface area contributed by atoms with Crippen LogP contribution in [0.2, 0.25) is 0 Å². The smallest absolute Gasteiger partial charge is 0.251 e. The molecule has 1 amide bonds. The molecule has 4 aromatic rings. The summed E-state index contributed by atoms with van der Waals surface area (Å²) in [5.74, 6) is -0.0256. The van der Waals surface area contributed by atoms with Gasteiger partial charge in [0.15, 0.2) is 17.3 Å². The molecule has 7 nitrogen and oxygen atoms in total. The highest BCUT2D eigenvalue weighted by atomic mass is 32.1. The Morgan fingerprint density at radius 3 is 2.74 bits per heavy atom. The zero-order chi connectivity index (χ0) is 24.4. The predicted molar refractivity (Wildman–Crippen MR) is 132 cm³/mol. The van der Waals surface area contributed by atoms with Crippen molar-refractivity contribution in [1.29, 1.82) is 0 Å². The number of carbonyl (C=O) groups is 2. The number of halogens is 1. The predicted octanol–water partition coefficient (Wildman–Crippen LogP) is 4.07. The maximum atomic E-state index is 14.1. The summed E-state index contributed by atoms with van der Waals surface area (Å²) in [4.78, 5) is 29.9. The largest absolute Gasteiger partial charge is 0.493 e. The van der Waals surface area contributed by atoms with Gasteiger partial charge in [-0.3, -0.25) is 9.59 Å². The third-order valence-corrected chi connectivity index (χ3v) is 6.74. The first-order valence-corrected chi connectivity index (χ1v) is 11.9. The minimum Gasteiger partial charge on any atom is -0.493 e. The summed E-state index contributed by atoms with van der Waals surface area (Å²) >= 11 is 1.29. The number of hydrogen-bond donors (Lipinski definition) is 2. The lowest BCUT2D eigenvalue weighted by atomic mass is 10.1. The van der Waals surface area contributed by atoms with Gasteiger partial charge in [-0.2, -0.15) is 0 Å². The molecule has 1 saturated heterocycles. The molecular formula is C26H22FN3O4S. The van der Waals surface area contributed by atoms with E-state index in [0.717, 1.165) is 24.0 Å². The fraction of sp³-hybridized carbons (Fsp3) is 0.192. The Balaban J connectivity index is 1.27. The van der Waals surface area contributed by atoms with Gasteiger partial charge in [0.1, 0.15) is 17.6 Å². The average Bonchev–Trinajstić information content (AvgIpc) is 3.30. The molecule has 0 atom stereocenters. The molecule has 2 aromatic heterocycles. The van der Waals surface area contributed by atoms with E-state index < -0.39 is 5.91 Å². The maximum Gasteiger partial charge on any atom is 0.251 e. The zero-order valence-corrected chi connectivity index (χ0v) is 19.7. The van der Waals surface area contributed by atoms with Gasteiger partial charge in [-0.25, -0.2) is 9.37 Å². The first-order valence-electron chi connectivity index (χ1n) is 11.0. The number of amides is 1. The number of hydrogen-bond acceptors (Lipinski definition) is 7. The van der Waals surface area contributed by atoms with Crippen molar-refractivity contribution in [2.24, 2.45) is 0 Å². The number of pyridine rings is 1. The molecule has 0 unspecified atom stereocenters. The number of benzene rings is 2. The number of ether oxygens (including phenoxy) is 2. The highest BCUT2D eigenvalue weighted by Crippen LogP contribution is 2.34. The summed E-state index contributed by atoms with van der Waals surface area (Å²) in [5.41, 5.74) is 1.90. The molecule has 1 aliphatic heterocycles. The van der Waals surface area contributed by atoms with Crippen molar-refractivity contribution in [3.63, 3.8) is 0 Å². The molecule has 35 heavy (non-hydrogen) atoms. The van der Waals surface area contributed by atoms with Crippen LogP contribution >= 0.6 is 11.3 Å². The Bertz CT molecular complexity index is 1420. The van der Waals surface area contributed by atoms with Gasteiger partial charge >= 0.3 is 0 Å². The fourth-order valence-electron chi connectivity index (χ4n) is 3.74. The first-order chi connectivity index (χ1) is 17.0. The SMILES string of the molecule is COc1cc(C(=O)NCC(=O)c2cccc(-c3csc4c(F)cccc34)n2)ccc1OC1CNC1. The van der Waals surface area contributed by atoms with Crippen LogP contribution < -0.4 is 20.1 Å². The third-order valence-electron chi connectivity index (χ3n) is 5.74. The van der Waals surface area contributed by atoms with E-state index in [0.29, 0.717) is 27.5 Å². The summed E-state index contributed by atoms with van der Waals surface area (Å²) in [7, 11) is 1.51. The lowest BCUT2D eigenvalue weighted by Crippen LogP contribution is -2.50. The maximum absolute atomic E-state index is 14.1. The number of carbonyl (C=O) groups excluding carboxylic acids is 2. The second-order valence-corrected chi connectivity index (χ2v) is 8.92. The highest BCUT2D eigenvalue weighted by molar-refractivity contribution is 7.17. The number of nitrogens with zero attached hydrogens (tertiary/aromatic N) is 1. The van der Waals surface area contributed by atoms with E-state index in [4.69, 9.17) is 9.47 Å². The van der Waals surface area contributed by atoms with Gasteiger partial charge in [0.25, 0.3) is 5.91 Å². The summed E-state index contributed by atoms with van der Waals surface area (Å²) in [5, 5.41) is 8.34. The normalized spacial score (nSPS) is 13.3. The molecule has 3 heterocycles. The van der Waals surface area contributed by atoms with Crippen LogP contribution in [0.3, 0.4) is 0 Å². The second kappa shape index (κ2) is 9.81. The van der Waals surface area contributed by atoms with E-state index >= 15 is 0 Å². The van der Waals surface area contributed by atoms with E-state index in [2.05, 4.69) is 15.6 Å². The van der Waals surface area contributed by atoms with Crippen molar-refractivity contribution >= 4 is 33.1 Å². The minimum absolute atomic E-state index is 0.0792. The average molecular weight is 492 g/mol. The molecule has 0 bridgehead atoms. The van der Waals surface area contributed by atoms with Gasteiger partial charge in [0, 0.05) is 35.0 Å². The van der Waals surface area contributed by atoms with Crippen LogP contribution in [-0.2, 0) is 0 Å². The molecular weight excluding hydrogens is 469 g/mol. The number of Topliss-reactive ketones (excluding diaryl/α,β-unsaturated/α-hetero) is 1. The van der Waals surface area contributed by atoms with Gasteiger partial charge in [-0.15, -0.1) is 11.3 Å². The van der Waals surface area contributed by atoms with Gasteiger partial charge < -0.3 is 20.1 Å². The van der Waals surface area contributed by atoms with Crippen molar-refractivity contribution in [1.82, 2.24) is 15.6 Å². The van der Waals surface area contributed by atoms with Gasteiger partial charge in [-0.1, -0.05) is 18.2 Å². The van der Waals surface area contributed by atoms with E-state index in [1.54, 1.807) is 42.5 Å². The van der Waals surface area contributed by atoms with E-state index in [1.807, 2.05) is 11.4 Å². The first kappa shape index (κ1) is 22.9. The van der Waals surface area contributed by atoms with Gasteiger partial charge in [0.2, 0.25) is 0 Å². The summed E-state index contributed by atoms with van der Waals surface area (Å²) in [6.45, 7) is 1.31. The Labute approximate surface area is 204 Å². The van der Waals surface area contributed by atoms with Crippen molar-refractivity contribution in [2.75, 3.05) is 26.7 Å². The summed E-state index contributed by atoms with van der Waals surface area (Å²) < 4.78 is 25.8. The lowest BCUT2D eigenvalue weighted by Gasteiger charge is -2.28. The Morgan fingerprint density at radius 1 is 1.14 bits per heavy atom. The van der Waals surface area contributed by atoms with Gasteiger partial charge in [-0.05, 0) is 36.4 Å². The molecule has 9 heteroatoms. The van der Waals surface area contributed by atoms with E-state index in [1.165, 1.54) is 24.5 Å². The zero-order valence-electron chi connectivity index (χ0n) is 18.8. The molecule has 5 rings (SSSR count). The summed E-state index contributed by atoms with van der Waals surface area (Å²) in [6, 6.07) is 14.9. The van der Waals surface area contributed by atoms with E-state index in [9.17, 15) is 14.0 Å². The van der Waals surface area contributed by atoms with Crippen molar-refractivity contribution < 1.29 is 23.5 Å². The van der Waals surface area contributed by atoms with Crippen LogP contribution in [0.1, 0.15) is 20.8 Å². The lowest BCUT2D eigenvalue weighted by molar-refractivity contribution is 0.0901. The van der Waals surface area contributed by atoms with Crippen molar-refractivity contribution in [2.45, 2.75) is 6.10 Å². The monoisotopic (exact) mass is 491 g/mol. The van der Waals surface area contributed by atoms with Crippen LogP contribution in [0.25, 0.3) is 21.3 Å². The number of ketones is 1. The standard InChI is InChI=1S/C26H22FN3O4S/c1-33-24-10-15(8-9-23(24)34-16-11-28-12-16)26(32)29-13-22(31)21-7-3-6-20(30-21)18-14-35-25-17(18)4-2-5-19(25)27/h2-10,14,16,28H,11-13H2,1H3,(H,29,32). The molecule has 1 aliphatic rings. The minimum atomic E-state index is -0.413. The molecule has 2 N–H and O–H groups in total. The second-order valence-electron chi connectivity index (χ2n) is 8.04. The molecule has 1 fully saturated rings. The molecule has 178 valence electrons. The topological polar surface area (TPSA) is 89.5 Å². The van der Waals surface area contributed by atoms with Crippen LogP contribution in [0, 0.1) is 5.82 Å².